The highest BCUT2D eigenvalue weighted by molar-refractivity contribution is 5.42. The molecule has 0 radical (unpaired) electrons. The zero-order valence-corrected chi connectivity index (χ0v) is 14.2. The average Bonchev–Trinajstić information content (AvgIpc) is 2.74. The molecule has 4 rings (SSSR count). The summed E-state index contributed by atoms with van der Waals surface area (Å²) in [5.41, 5.74) is 4.85. The maximum Gasteiger partial charge on any atom is 0.0270 e. The van der Waals surface area contributed by atoms with E-state index in [-0.39, 0.29) is 11.8 Å². The summed E-state index contributed by atoms with van der Waals surface area (Å²) in [4.78, 5) is 16.8. The third-order valence-electron chi connectivity index (χ3n) is 4.59. The highest BCUT2D eigenvalue weighted by atomic mass is 14.6. The molecule has 0 aliphatic rings. The molecule has 0 aliphatic heterocycles. The van der Waals surface area contributed by atoms with E-state index in [2.05, 4.69) is 68.5 Å². The van der Waals surface area contributed by atoms with E-state index in [9.17, 15) is 0 Å². The van der Waals surface area contributed by atoms with E-state index in [1.165, 1.54) is 22.3 Å². The maximum atomic E-state index is 4.19. The van der Waals surface area contributed by atoms with E-state index in [0.717, 1.165) is 0 Å². The van der Waals surface area contributed by atoms with Crippen molar-refractivity contribution in [1.29, 1.82) is 0 Å². The van der Waals surface area contributed by atoms with Crippen molar-refractivity contribution < 1.29 is 0 Å². The molecule has 4 nitrogen and oxygen atoms in total. The second kappa shape index (κ2) is 7.66. The summed E-state index contributed by atoms with van der Waals surface area (Å²) in [6.07, 6.45) is 14.8. The number of pyridine rings is 4. The predicted molar refractivity (Wildman–Crippen MR) is 101 cm³/mol. The third kappa shape index (κ3) is 3.35. The molecule has 0 saturated heterocycles. The largest absolute Gasteiger partial charge is 0.265 e. The molecule has 0 aromatic carbocycles. The van der Waals surface area contributed by atoms with Gasteiger partial charge in [-0.15, -0.1) is 0 Å². The molecule has 4 aromatic heterocycles. The normalized spacial score (nSPS) is 11.0. The van der Waals surface area contributed by atoms with E-state index in [1.54, 1.807) is 0 Å². The Hall–Kier alpha value is -3.40. The van der Waals surface area contributed by atoms with E-state index >= 15 is 0 Å². The highest BCUT2D eigenvalue weighted by Gasteiger charge is 2.28. The van der Waals surface area contributed by atoms with E-state index in [1.807, 2.05) is 49.6 Å². The molecule has 4 aromatic rings. The summed E-state index contributed by atoms with van der Waals surface area (Å²) in [5, 5.41) is 0. The van der Waals surface area contributed by atoms with Crippen molar-refractivity contribution in [1.82, 2.24) is 19.9 Å². The maximum absolute atomic E-state index is 4.19. The zero-order valence-electron chi connectivity index (χ0n) is 14.2. The van der Waals surface area contributed by atoms with Crippen LogP contribution < -0.4 is 0 Å². The summed E-state index contributed by atoms with van der Waals surface area (Å²) in [6.45, 7) is 0. The molecule has 4 heterocycles. The minimum absolute atomic E-state index is 0.130. The van der Waals surface area contributed by atoms with Crippen molar-refractivity contribution in [2.75, 3.05) is 0 Å². The Kier molecular flexibility index (Phi) is 4.74. The number of rotatable bonds is 5. The monoisotopic (exact) mass is 338 g/mol. The van der Waals surface area contributed by atoms with Gasteiger partial charge in [-0.25, -0.2) is 0 Å². The first-order valence-corrected chi connectivity index (χ1v) is 8.53. The molecular formula is C22H18N4. The Morgan fingerprint density at radius 3 is 0.731 bits per heavy atom. The molecule has 0 saturated carbocycles. The van der Waals surface area contributed by atoms with Gasteiger partial charge in [0.1, 0.15) is 0 Å². The molecule has 0 atom stereocenters. The molecule has 0 bridgehead atoms. The van der Waals surface area contributed by atoms with Crippen molar-refractivity contribution in [2.24, 2.45) is 0 Å². The lowest BCUT2D eigenvalue weighted by Crippen LogP contribution is -2.15. The summed E-state index contributed by atoms with van der Waals surface area (Å²) >= 11 is 0. The molecule has 126 valence electrons. The fraction of sp³-hybridized carbons (Fsp3) is 0.0909. The molecule has 0 N–H and O–H groups in total. The molecule has 26 heavy (non-hydrogen) atoms. The number of nitrogens with zero attached hydrogens (tertiary/aromatic N) is 4. The Bertz CT molecular complexity index is 769. The molecule has 0 unspecified atom stereocenters. The lowest BCUT2D eigenvalue weighted by Gasteiger charge is -2.29. The number of hydrogen-bond donors (Lipinski definition) is 0. The van der Waals surface area contributed by atoms with Gasteiger partial charge in [0, 0.05) is 61.4 Å². The van der Waals surface area contributed by atoms with Crippen molar-refractivity contribution >= 4 is 0 Å². The zero-order chi connectivity index (χ0) is 17.6. The lowest BCUT2D eigenvalue weighted by molar-refractivity contribution is 0.690. The molecule has 0 fully saturated rings. The quantitative estimate of drug-likeness (QED) is 0.546. The van der Waals surface area contributed by atoms with Crippen LogP contribution in [0.2, 0.25) is 0 Å². The van der Waals surface area contributed by atoms with Gasteiger partial charge in [0.25, 0.3) is 0 Å². The Morgan fingerprint density at radius 1 is 0.346 bits per heavy atom. The standard InChI is InChI=1S/C22H18N4/c1-9-23-10-2-17(1)21(18-3-11-24-12-4-18)22(19-5-13-25-14-6-19)20-7-15-26-16-8-20/h1-16,21-22H. The van der Waals surface area contributed by atoms with Gasteiger partial charge in [-0.05, 0) is 70.8 Å². The van der Waals surface area contributed by atoms with Gasteiger partial charge in [0.05, 0.1) is 0 Å². The first-order chi connectivity index (χ1) is 12.9. The van der Waals surface area contributed by atoms with Gasteiger partial charge in [0.2, 0.25) is 0 Å². The van der Waals surface area contributed by atoms with Crippen LogP contribution in [0.3, 0.4) is 0 Å². The van der Waals surface area contributed by atoms with E-state index < -0.39 is 0 Å². The minimum atomic E-state index is 0.130. The predicted octanol–water partition coefficient (Wildman–Crippen LogP) is 4.23. The summed E-state index contributed by atoms with van der Waals surface area (Å²) < 4.78 is 0. The van der Waals surface area contributed by atoms with Crippen LogP contribution in [0.25, 0.3) is 0 Å². The van der Waals surface area contributed by atoms with Crippen LogP contribution in [0.5, 0.6) is 0 Å². The van der Waals surface area contributed by atoms with Crippen LogP contribution in [0.1, 0.15) is 34.1 Å². The van der Waals surface area contributed by atoms with Gasteiger partial charge < -0.3 is 0 Å². The van der Waals surface area contributed by atoms with E-state index in [0.29, 0.717) is 0 Å². The van der Waals surface area contributed by atoms with Gasteiger partial charge in [-0.3, -0.25) is 19.9 Å². The SMILES string of the molecule is c1cc(C(c2ccncc2)C(c2ccncc2)c2ccncc2)ccn1. The van der Waals surface area contributed by atoms with Crippen molar-refractivity contribution in [2.45, 2.75) is 11.8 Å². The first kappa shape index (κ1) is 16.1. The van der Waals surface area contributed by atoms with Gasteiger partial charge in [0.15, 0.2) is 0 Å². The second-order valence-electron chi connectivity index (χ2n) is 6.08. The van der Waals surface area contributed by atoms with Crippen molar-refractivity contribution in [3.63, 3.8) is 0 Å². The second-order valence-corrected chi connectivity index (χ2v) is 6.08. The minimum Gasteiger partial charge on any atom is -0.265 e. The van der Waals surface area contributed by atoms with Crippen LogP contribution >= 0.6 is 0 Å². The Labute approximate surface area is 152 Å². The molecule has 4 heteroatoms. The Morgan fingerprint density at radius 2 is 0.538 bits per heavy atom. The van der Waals surface area contributed by atoms with Crippen LogP contribution in [-0.4, -0.2) is 19.9 Å². The van der Waals surface area contributed by atoms with Crippen LogP contribution in [0, 0.1) is 0 Å². The van der Waals surface area contributed by atoms with E-state index in [4.69, 9.17) is 0 Å². The van der Waals surface area contributed by atoms with Crippen LogP contribution in [-0.2, 0) is 0 Å². The van der Waals surface area contributed by atoms with Crippen molar-refractivity contribution in [3.8, 4) is 0 Å². The topological polar surface area (TPSA) is 51.6 Å². The lowest BCUT2D eigenvalue weighted by atomic mass is 9.74. The Balaban J connectivity index is 1.93. The first-order valence-electron chi connectivity index (χ1n) is 8.53. The molecular weight excluding hydrogens is 320 g/mol. The number of hydrogen-bond acceptors (Lipinski definition) is 4. The average molecular weight is 338 g/mol. The highest BCUT2D eigenvalue weighted by Crippen LogP contribution is 2.42. The van der Waals surface area contributed by atoms with Gasteiger partial charge >= 0.3 is 0 Å². The fourth-order valence-corrected chi connectivity index (χ4v) is 3.44. The smallest absolute Gasteiger partial charge is 0.0270 e. The van der Waals surface area contributed by atoms with Gasteiger partial charge in [-0.2, -0.15) is 0 Å². The third-order valence-corrected chi connectivity index (χ3v) is 4.59. The fourth-order valence-electron chi connectivity index (χ4n) is 3.44. The van der Waals surface area contributed by atoms with Crippen molar-refractivity contribution in [3.05, 3.63) is 120 Å². The summed E-state index contributed by atoms with van der Waals surface area (Å²) in [5.74, 6) is 0.261. The number of aromatic nitrogens is 4. The summed E-state index contributed by atoms with van der Waals surface area (Å²) in [6, 6.07) is 16.7. The van der Waals surface area contributed by atoms with Gasteiger partial charge in [-0.1, -0.05) is 0 Å². The molecule has 0 amide bonds. The summed E-state index contributed by atoms with van der Waals surface area (Å²) in [7, 11) is 0. The molecule has 0 spiro atoms. The molecule has 0 aliphatic carbocycles. The van der Waals surface area contributed by atoms with Crippen LogP contribution in [0.4, 0.5) is 0 Å². The van der Waals surface area contributed by atoms with Crippen LogP contribution in [0.15, 0.2) is 98.1 Å².